The van der Waals surface area contributed by atoms with E-state index >= 15 is 0 Å². The Morgan fingerprint density at radius 2 is 1.89 bits per heavy atom. The lowest BCUT2D eigenvalue weighted by molar-refractivity contribution is -0.123. The second-order valence-electron chi connectivity index (χ2n) is 11.6. The molecule has 2 aliphatic heterocycles. The lowest BCUT2D eigenvalue weighted by Crippen LogP contribution is -2.47. The van der Waals surface area contributed by atoms with Crippen LogP contribution in [0.4, 0.5) is 0 Å². The summed E-state index contributed by atoms with van der Waals surface area (Å²) in [4.78, 5) is 48.5. The van der Waals surface area contributed by atoms with E-state index in [0.29, 0.717) is 31.6 Å². The van der Waals surface area contributed by atoms with Gasteiger partial charge in [-0.1, -0.05) is 24.3 Å². The maximum Gasteiger partial charge on any atom is 0.290 e. The first-order valence-electron chi connectivity index (χ1n) is 15.7. The predicted octanol–water partition coefficient (Wildman–Crippen LogP) is 3.56. The van der Waals surface area contributed by atoms with Crippen LogP contribution in [0.2, 0.25) is 0 Å². The number of carbonyl (C=O) groups is 3. The third-order valence-corrected chi connectivity index (χ3v) is 8.62. The SMILES string of the molecule is CCn1nc(C)c(CN2C[C@@H]3NC(=O)CN(C(=O)c4cnc5ccccc5n4)CCCCOc4cccc(c4)[C@H]3C2)c1C.O=CO. The number of likely N-dealkylation sites (tertiary alicyclic amines) is 1. The van der Waals surface area contributed by atoms with Crippen LogP contribution in [-0.4, -0.2) is 91.8 Å². The number of ether oxygens (including phenoxy) is 1. The van der Waals surface area contributed by atoms with Gasteiger partial charge in [0.15, 0.2) is 0 Å². The smallest absolute Gasteiger partial charge is 0.290 e. The van der Waals surface area contributed by atoms with Gasteiger partial charge >= 0.3 is 0 Å². The van der Waals surface area contributed by atoms with Gasteiger partial charge < -0.3 is 20.1 Å². The summed E-state index contributed by atoms with van der Waals surface area (Å²) in [6.07, 6.45) is 2.95. The van der Waals surface area contributed by atoms with Gasteiger partial charge in [0.2, 0.25) is 5.91 Å². The summed E-state index contributed by atoms with van der Waals surface area (Å²) in [6.45, 7) is 10.0. The van der Waals surface area contributed by atoms with E-state index in [4.69, 9.17) is 19.7 Å². The molecule has 2 bridgehead atoms. The Kier molecular flexibility index (Phi) is 10.6. The third kappa shape index (κ3) is 7.51. The highest BCUT2D eigenvalue weighted by Crippen LogP contribution is 2.32. The number of fused-ring (bicyclic) bond motifs is 5. The van der Waals surface area contributed by atoms with E-state index in [1.807, 2.05) is 41.1 Å². The summed E-state index contributed by atoms with van der Waals surface area (Å²) < 4.78 is 8.17. The standard InChI is InChI=1S/C33H39N7O3.CH2O2/c1-4-40-23(3)26(22(2)37-40)18-38-19-27-24-10-9-11-25(16-24)43-15-8-7-14-39(21-32(41)36-31(27)20-38)33(42)30-17-34-28-12-5-6-13-29(28)35-30;2-1-3/h5-6,9-13,16-17,27,31H,4,7-8,14-15,18-21H2,1-3H3,(H,36,41);1H,(H,2,3)/t27-,31+;/m1./s1. The summed E-state index contributed by atoms with van der Waals surface area (Å²) in [6, 6.07) is 15.6. The number of rotatable bonds is 4. The van der Waals surface area contributed by atoms with E-state index in [0.717, 1.165) is 48.6 Å². The molecule has 2 amide bonds. The van der Waals surface area contributed by atoms with E-state index in [1.165, 1.54) is 17.5 Å². The Hall–Kier alpha value is -4.84. The molecule has 242 valence electrons. The summed E-state index contributed by atoms with van der Waals surface area (Å²) in [7, 11) is 0. The zero-order valence-corrected chi connectivity index (χ0v) is 26.6. The fraction of sp³-hybridized carbons (Fsp3) is 0.412. The van der Waals surface area contributed by atoms with Gasteiger partial charge in [0, 0.05) is 55.9 Å². The molecule has 0 aliphatic carbocycles. The number of benzene rings is 2. The minimum absolute atomic E-state index is 0.0427. The molecule has 1 saturated heterocycles. The second kappa shape index (κ2) is 15.0. The number of aryl methyl sites for hydroxylation is 2. The highest BCUT2D eigenvalue weighted by Gasteiger charge is 2.36. The Bertz CT molecular complexity index is 1690. The second-order valence-corrected chi connectivity index (χ2v) is 11.6. The number of nitrogens with zero attached hydrogens (tertiary/aromatic N) is 6. The number of carboxylic acid groups (broad SMARTS) is 1. The minimum atomic E-state index is -0.296. The fourth-order valence-corrected chi connectivity index (χ4v) is 6.32. The first-order chi connectivity index (χ1) is 22.3. The Morgan fingerprint density at radius 1 is 1.11 bits per heavy atom. The Labute approximate surface area is 268 Å². The van der Waals surface area contributed by atoms with Crippen molar-refractivity contribution >= 4 is 29.3 Å². The molecule has 6 rings (SSSR count). The molecule has 0 radical (unpaired) electrons. The van der Waals surface area contributed by atoms with Crippen molar-refractivity contribution < 1.29 is 24.2 Å². The predicted molar refractivity (Wildman–Crippen MR) is 173 cm³/mol. The third-order valence-electron chi connectivity index (χ3n) is 8.62. The molecule has 12 heteroatoms. The van der Waals surface area contributed by atoms with Crippen molar-refractivity contribution in [3.63, 3.8) is 0 Å². The molecule has 12 nitrogen and oxygen atoms in total. The van der Waals surface area contributed by atoms with Crippen molar-refractivity contribution in [2.45, 2.75) is 58.7 Å². The molecular formula is C34H41N7O5. The highest BCUT2D eigenvalue weighted by molar-refractivity contribution is 5.96. The first kappa shape index (κ1) is 32.6. The molecule has 0 saturated carbocycles. The van der Waals surface area contributed by atoms with Gasteiger partial charge in [-0.2, -0.15) is 5.10 Å². The van der Waals surface area contributed by atoms with E-state index in [1.54, 1.807) is 4.90 Å². The van der Waals surface area contributed by atoms with Gasteiger partial charge in [0.1, 0.15) is 11.4 Å². The Morgan fingerprint density at radius 3 is 2.65 bits per heavy atom. The Balaban J connectivity index is 0.00000134. The van der Waals surface area contributed by atoms with E-state index in [2.05, 4.69) is 53.1 Å². The fourth-order valence-electron chi connectivity index (χ4n) is 6.32. The molecule has 1 fully saturated rings. The number of hydrogen-bond donors (Lipinski definition) is 2. The van der Waals surface area contributed by atoms with Crippen LogP contribution in [0.1, 0.15) is 58.7 Å². The van der Waals surface area contributed by atoms with Crippen molar-refractivity contribution in [3.8, 4) is 5.75 Å². The molecule has 2 atom stereocenters. The first-order valence-corrected chi connectivity index (χ1v) is 15.7. The van der Waals surface area contributed by atoms with Crippen molar-refractivity contribution in [2.24, 2.45) is 0 Å². The van der Waals surface area contributed by atoms with Crippen LogP contribution in [0.5, 0.6) is 5.75 Å². The molecule has 46 heavy (non-hydrogen) atoms. The van der Waals surface area contributed by atoms with Crippen molar-refractivity contribution in [2.75, 3.05) is 32.8 Å². The normalized spacial score (nSPS) is 18.8. The van der Waals surface area contributed by atoms with E-state index in [-0.39, 0.29) is 42.5 Å². The maximum absolute atomic E-state index is 13.6. The van der Waals surface area contributed by atoms with Crippen molar-refractivity contribution in [1.29, 1.82) is 0 Å². The number of amides is 2. The quantitative estimate of drug-likeness (QED) is 0.325. The summed E-state index contributed by atoms with van der Waals surface area (Å²) in [5, 5.41) is 14.9. The molecule has 4 aromatic rings. The average Bonchev–Trinajstić information content (AvgIpc) is 3.58. The highest BCUT2D eigenvalue weighted by atomic mass is 16.5. The van der Waals surface area contributed by atoms with Gasteiger partial charge in [-0.15, -0.1) is 0 Å². The van der Waals surface area contributed by atoms with Gasteiger partial charge in [0.05, 0.1) is 36.1 Å². The van der Waals surface area contributed by atoms with Crippen molar-refractivity contribution in [1.82, 2.24) is 34.9 Å². The zero-order chi connectivity index (χ0) is 32.6. The van der Waals surface area contributed by atoms with Gasteiger partial charge in [-0.25, -0.2) is 4.98 Å². The summed E-state index contributed by atoms with van der Waals surface area (Å²) in [5.74, 6) is 0.436. The van der Waals surface area contributed by atoms with E-state index in [9.17, 15) is 9.59 Å². The lowest BCUT2D eigenvalue weighted by Gasteiger charge is -2.25. The van der Waals surface area contributed by atoms with Crippen LogP contribution in [0, 0.1) is 13.8 Å². The van der Waals surface area contributed by atoms with Crippen LogP contribution in [0.3, 0.4) is 0 Å². The largest absolute Gasteiger partial charge is 0.494 e. The monoisotopic (exact) mass is 627 g/mol. The minimum Gasteiger partial charge on any atom is -0.494 e. The van der Waals surface area contributed by atoms with Crippen LogP contribution in [0.25, 0.3) is 11.0 Å². The topological polar surface area (TPSA) is 143 Å². The molecule has 0 unspecified atom stereocenters. The van der Waals surface area contributed by atoms with Gasteiger partial charge in [-0.05, 0) is 63.4 Å². The number of hydrogen-bond acceptors (Lipinski definition) is 8. The molecular weight excluding hydrogens is 586 g/mol. The van der Waals surface area contributed by atoms with Gasteiger partial charge in [0.25, 0.3) is 12.4 Å². The van der Waals surface area contributed by atoms with E-state index < -0.39 is 0 Å². The molecule has 2 aliphatic rings. The zero-order valence-electron chi connectivity index (χ0n) is 26.6. The van der Waals surface area contributed by atoms with Crippen LogP contribution in [-0.2, 0) is 22.7 Å². The average molecular weight is 628 g/mol. The van der Waals surface area contributed by atoms with Crippen LogP contribution < -0.4 is 10.1 Å². The van der Waals surface area contributed by atoms with Crippen molar-refractivity contribution in [3.05, 3.63) is 82.9 Å². The number of carbonyl (C=O) groups excluding carboxylic acids is 2. The molecule has 4 heterocycles. The summed E-state index contributed by atoms with van der Waals surface area (Å²) >= 11 is 0. The number of nitrogens with one attached hydrogen (secondary N) is 1. The maximum atomic E-state index is 13.6. The lowest BCUT2D eigenvalue weighted by atomic mass is 9.94. The van der Waals surface area contributed by atoms with Crippen LogP contribution in [0.15, 0.2) is 54.7 Å². The molecule has 0 spiro atoms. The number of para-hydroxylation sites is 2. The molecule has 2 N–H and O–H groups in total. The molecule has 2 aromatic carbocycles. The molecule has 2 aromatic heterocycles. The van der Waals surface area contributed by atoms with Gasteiger partial charge in [-0.3, -0.25) is 28.9 Å². The summed E-state index contributed by atoms with van der Waals surface area (Å²) in [5.41, 5.74) is 6.22. The number of aromatic nitrogens is 4. The van der Waals surface area contributed by atoms with Crippen LogP contribution >= 0.6 is 0 Å².